The lowest BCUT2D eigenvalue weighted by Crippen LogP contribution is -2.33. The summed E-state index contributed by atoms with van der Waals surface area (Å²) in [7, 11) is 0. The molecule has 0 saturated heterocycles. The smallest absolute Gasteiger partial charge is 0.188 e. The summed E-state index contributed by atoms with van der Waals surface area (Å²) < 4.78 is 0. The molecule has 1 aromatic heterocycles. The zero-order chi connectivity index (χ0) is 11.8. The zero-order valence-corrected chi connectivity index (χ0v) is 10.0. The van der Waals surface area contributed by atoms with Crippen LogP contribution in [0.2, 0.25) is 0 Å². The number of aromatic nitrogens is 1. The first kappa shape index (κ1) is 12.5. The standard InChI is InChI=1S/C12H20N4/c1-3-6-15-12(13)16-8-5-11-4-7-14-9-10(11)2/h4,7,9H,3,5-6,8H2,1-2H3,(H3,13,15,16). The molecule has 0 aromatic carbocycles. The van der Waals surface area contributed by atoms with E-state index in [1.165, 1.54) is 11.1 Å². The third-order valence-corrected chi connectivity index (χ3v) is 2.34. The molecule has 1 heterocycles. The summed E-state index contributed by atoms with van der Waals surface area (Å²) >= 11 is 0. The molecule has 4 heteroatoms. The van der Waals surface area contributed by atoms with Crippen molar-refractivity contribution in [1.29, 1.82) is 0 Å². The lowest BCUT2D eigenvalue weighted by atomic mass is 10.1. The number of hydrogen-bond donors (Lipinski definition) is 2. The molecule has 0 atom stereocenters. The lowest BCUT2D eigenvalue weighted by molar-refractivity contribution is 0.834. The quantitative estimate of drug-likeness (QED) is 0.580. The molecule has 1 rings (SSSR count). The summed E-state index contributed by atoms with van der Waals surface area (Å²) in [6.07, 6.45) is 5.66. The molecule has 4 nitrogen and oxygen atoms in total. The maximum atomic E-state index is 5.69. The number of guanidine groups is 1. The van der Waals surface area contributed by atoms with E-state index in [4.69, 9.17) is 5.73 Å². The third kappa shape index (κ3) is 4.29. The van der Waals surface area contributed by atoms with Crippen molar-refractivity contribution in [3.8, 4) is 0 Å². The maximum absolute atomic E-state index is 5.69. The Labute approximate surface area is 97.0 Å². The molecule has 0 spiro atoms. The van der Waals surface area contributed by atoms with Crippen LogP contribution in [0.1, 0.15) is 24.5 Å². The van der Waals surface area contributed by atoms with E-state index in [0.29, 0.717) is 5.96 Å². The van der Waals surface area contributed by atoms with Gasteiger partial charge in [-0.15, -0.1) is 0 Å². The van der Waals surface area contributed by atoms with Crippen molar-refractivity contribution in [3.05, 3.63) is 29.6 Å². The van der Waals surface area contributed by atoms with Crippen LogP contribution >= 0.6 is 0 Å². The number of nitrogens with zero attached hydrogens (tertiary/aromatic N) is 2. The Morgan fingerprint density at radius 3 is 3.06 bits per heavy atom. The fraction of sp³-hybridized carbons (Fsp3) is 0.500. The molecule has 0 aliphatic carbocycles. The van der Waals surface area contributed by atoms with E-state index in [1.807, 2.05) is 18.5 Å². The van der Waals surface area contributed by atoms with Gasteiger partial charge in [0.25, 0.3) is 0 Å². The van der Waals surface area contributed by atoms with Crippen LogP contribution < -0.4 is 11.1 Å². The lowest BCUT2D eigenvalue weighted by Gasteiger charge is -2.07. The van der Waals surface area contributed by atoms with E-state index in [2.05, 4.69) is 29.1 Å². The predicted molar refractivity (Wildman–Crippen MR) is 67.5 cm³/mol. The van der Waals surface area contributed by atoms with E-state index in [0.717, 1.165) is 25.9 Å². The van der Waals surface area contributed by atoms with Gasteiger partial charge in [0.2, 0.25) is 0 Å². The fourth-order valence-corrected chi connectivity index (χ4v) is 1.40. The van der Waals surface area contributed by atoms with Gasteiger partial charge in [-0.25, -0.2) is 0 Å². The zero-order valence-electron chi connectivity index (χ0n) is 10.0. The third-order valence-electron chi connectivity index (χ3n) is 2.34. The summed E-state index contributed by atoms with van der Waals surface area (Å²) in [6, 6.07) is 2.04. The maximum Gasteiger partial charge on any atom is 0.188 e. The average Bonchev–Trinajstić information content (AvgIpc) is 2.29. The molecule has 0 aliphatic rings. The summed E-state index contributed by atoms with van der Waals surface area (Å²) in [4.78, 5) is 8.23. The number of nitrogens with two attached hydrogens (primary N) is 1. The van der Waals surface area contributed by atoms with Gasteiger partial charge in [-0.05, 0) is 37.0 Å². The van der Waals surface area contributed by atoms with E-state index in [-0.39, 0.29) is 0 Å². The topological polar surface area (TPSA) is 63.3 Å². The number of aryl methyl sites for hydroxylation is 1. The molecule has 0 bridgehead atoms. The molecule has 1 aromatic rings. The Balaban J connectivity index is 2.33. The molecule has 0 amide bonds. The summed E-state index contributed by atoms with van der Waals surface area (Å²) in [5.74, 6) is 0.536. The summed E-state index contributed by atoms with van der Waals surface area (Å²) in [5.41, 5.74) is 8.20. The highest BCUT2D eigenvalue weighted by Crippen LogP contribution is 2.04. The first-order valence-electron chi connectivity index (χ1n) is 5.67. The van der Waals surface area contributed by atoms with E-state index in [9.17, 15) is 0 Å². The molecule has 3 N–H and O–H groups in total. The molecule has 0 fully saturated rings. The van der Waals surface area contributed by atoms with Crippen LogP contribution in [0.15, 0.2) is 23.5 Å². The normalized spacial score (nSPS) is 11.5. The van der Waals surface area contributed by atoms with Gasteiger partial charge >= 0.3 is 0 Å². The SMILES string of the molecule is CCCN=C(N)NCCc1ccncc1C. The van der Waals surface area contributed by atoms with Crippen LogP contribution in [0.5, 0.6) is 0 Å². The van der Waals surface area contributed by atoms with Gasteiger partial charge in [0, 0.05) is 25.5 Å². The molecule has 16 heavy (non-hydrogen) atoms. The number of aliphatic imine (C=N–C) groups is 1. The minimum Gasteiger partial charge on any atom is -0.370 e. The van der Waals surface area contributed by atoms with Crippen molar-refractivity contribution in [2.75, 3.05) is 13.1 Å². The predicted octanol–water partition coefficient (Wildman–Crippen LogP) is 1.25. The van der Waals surface area contributed by atoms with Gasteiger partial charge in [-0.3, -0.25) is 9.98 Å². The van der Waals surface area contributed by atoms with E-state index in [1.54, 1.807) is 0 Å². The largest absolute Gasteiger partial charge is 0.370 e. The summed E-state index contributed by atoms with van der Waals surface area (Å²) in [5, 5.41) is 3.10. The Morgan fingerprint density at radius 2 is 2.38 bits per heavy atom. The first-order chi connectivity index (χ1) is 7.74. The molecule has 0 radical (unpaired) electrons. The minimum absolute atomic E-state index is 0.536. The second kappa shape index (κ2) is 6.82. The monoisotopic (exact) mass is 220 g/mol. The highest BCUT2D eigenvalue weighted by molar-refractivity contribution is 5.77. The number of nitrogens with one attached hydrogen (secondary N) is 1. The van der Waals surface area contributed by atoms with Crippen LogP contribution in [-0.2, 0) is 6.42 Å². The van der Waals surface area contributed by atoms with Crippen molar-refractivity contribution < 1.29 is 0 Å². The van der Waals surface area contributed by atoms with Gasteiger partial charge in [0.15, 0.2) is 5.96 Å². The van der Waals surface area contributed by atoms with Gasteiger partial charge in [-0.1, -0.05) is 6.92 Å². The number of rotatable bonds is 5. The Bertz CT molecular complexity index is 347. The van der Waals surface area contributed by atoms with Crippen molar-refractivity contribution in [2.45, 2.75) is 26.7 Å². The van der Waals surface area contributed by atoms with Crippen molar-refractivity contribution in [1.82, 2.24) is 10.3 Å². The number of pyridine rings is 1. The Kier molecular flexibility index (Phi) is 5.32. The molecular formula is C12H20N4. The van der Waals surface area contributed by atoms with Gasteiger partial charge in [0.1, 0.15) is 0 Å². The fourth-order valence-electron chi connectivity index (χ4n) is 1.40. The highest BCUT2D eigenvalue weighted by Gasteiger charge is 1.97. The number of hydrogen-bond acceptors (Lipinski definition) is 2. The second-order valence-electron chi connectivity index (χ2n) is 3.75. The molecule has 0 aliphatic heterocycles. The minimum atomic E-state index is 0.536. The van der Waals surface area contributed by atoms with Crippen LogP contribution in [0.3, 0.4) is 0 Å². The first-order valence-corrected chi connectivity index (χ1v) is 5.67. The molecule has 0 saturated carbocycles. The van der Waals surface area contributed by atoms with Crippen LogP contribution in [-0.4, -0.2) is 24.0 Å². The van der Waals surface area contributed by atoms with E-state index < -0.39 is 0 Å². The summed E-state index contributed by atoms with van der Waals surface area (Å²) in [6.45, 7) is 5.74. The van der Waals surface area contributed by atoms with Gasteiger partial charge in [0.05, 0.1) is 0 Å². The molecular weight excluding hydrogens is 200 g/mol. The van der Waals surface area contributed by atoms with E-state index >= 15 is 0 Å². The highest BCUT2D eigenvalue weighted by atomic mass is 15.1. The molecule has 0 unspecified atom stereocenters. The van der Waals surface area contributed by atoms with Crippen LogP contribution in [0.25, 0.3) is 0 Å². The Hall–Kier alpha value is -1.58. The second-order valence-corrected chi connectivity index (χ2v) is 3.75. The van der Waals surface area contributed by atoms with Crippen LogP contribution in [0.4, 0.5) is 0 Å². The van der Waals surface area contributed by atoms with Crippen molar-refractivity contribution in [2.24, 2.45) is 10.7 Å². The average molecular weight is 220 g/mol. The van der Waals surface area contributed by atoms with Gasteiger partial charge in [-0.2, -0.15) is 0 Å². The van der Waals surface area contributed by atoms with Crippen molar-refractivity contribution >= 4 is 5.96 Å². The van der Waals surface area contributed by atoms with Crippen LogP contribution in [0, 0.1) is 6.92 Å². The molecule has 88 valence electrons. The van der Waals surface area contributed by atoms with Gasteiger partial charge < -0.3 is 11.1 Å². The Morgan fingerprint density at radius 1 is 1.56 bits per heavy atom. The van der Waals surface area contributed by atoms with Crippen molar-refractivity contribution in [3.63, 3.8) is 0 Å².